The molecule has 3 aromatic carbocycles. The van der Waals surface area contributed by atoms with Crippen molar-refractivity contribution in [2.45, 2.75) is 19.0 Å². The maximum atomic E-state index is 14.8. The molecule has 1 amide bonds. The molecule has 0 aliphatic carbocycles. The highest BCUT2D eigenvalue weighted by Crippen LogP contribution is 2.34. The Labute approximate surface area is 237 Å². The standard InChI is InChI=1S/C31H28ClFN6O/c1-38(2)23-13-14-39(18-23)30(40)19-7-10-22(11-8-19)36-31-35-17-20-16-34-29(25-5-3-4-6-27(25)33)26-15-21(32)9-12-24(26)28(20)37-31/h3-12,15,17,23H,13-14,16,18H2,1-2H3,(H,35,36,37). The Morgan fingerprint density at radius 1 is 1.05 bits per heavy atom. The maximum Gasteiger partial charge on any atom is 0.253 e. The third-order valence-electron chi connectivity index (χ3n) is 7.46. The normalized spacial score (nSPS) is 16.3. The summed E-state index contributed by atoms with van der Waals surface area (Å²) in [7, 11) is 4.10. The van der Waals surface area contributed by atoms with Gasteiger partial charge in [-0.05, 0) is 69.0 Å². The van der Waals surface area contributed by atoms with Crippen LogP contribution in [0.5, 0.6) is 0 Å². The minimum Gasteiger partial charge on any atom is -0.337 e. The molecular weight excluding hydrogens is 527 g/mol. The number of likely N-dealkylation sites (N-methyl/N-ethyl adjacent to an activating group) is 1. The van der Waals surface area contributed by atoms with Gasteiger partial charge in [0.2, 0.25) is 5.95 Å². The maximum absolute atomic E-state index is 14.8. The summed E-state index contributed by atoms with van der Waals surface area (Å²) in [6.07, 6.45) is 2.72. The van der Waals surface area contributed by atoms with Crippen molar-refractivity contribution in [2.24, 2.45) is 4.99 Å². The third kappa shape index (κ3) is 5.08. The molecule has 9 heteroatoms. The second-order valence-corrected chi connectivity index (χ2v) is 10.7. The SMILES string of the molecule is CN(C)C1CCN(C(=O)c2ccc(Nc3ncc4c(n3)-c3ccc(Cl)cc3C(c3ccccc3F)=NC4)cc2)C1. The molecule has 1 unspecified atom stereocenters. The molecule has 1 aromatic heterocycles. The number of carbonyl (C=O) groups is 1. The number of aromatic nitrogens is 2. The van der Waals surface area contributed by atoms with Gasteiger partial charge in [0.05, 0.1) is 18.0 Å². The van der Waals surface area contributed by atoms with Crippen molar-refractivity contribution in [3.05, 3.63) is 106 Å². The Morgan fingerprint density at radius 3 is 2.60 bits per heavy atom. The molecule has 40 heavy (non-hydrogen) atoms. The van der Waals surface area contributed by atoms with E-state index in [0.29, 0.717) is 51.7 Å². The van der Waals surface area contributed by atoms with Gasteiger partial charge >= 0.3 is 0 Å². The van der Waals surface area contributed by atoms with Crippen LogP contribution in [0.15, 0.2) is 77.9 Å². The monoisotopic (exact) mass is 554 g/mol. The molecule has 0 spiro atoms. The molecule has 1 atom stereocenters. The molecule has 1 saturated heterocycles. The Kier molecular flexibility index (Phi) is 7.04. The fraction of sp³-hybridized carbons (Fsp3) is 0.226. The molecule has 6 rings (SSSR count). The lowest BCUT2D eigenvalue weighted by molar-refractivity contribution is 0.0783. The smallest absolute Gasteiger partial charge is 0.253 e. The van der Waals surface area contributed by atoms with Crippen molar-refractivity contribution in [1.82, 2.24) is 19.8 Å². The third-order valence-corrected chi connectivity index (χ3v) is 7.70. The molecule has 4 aromatic rings. The average molecular weight is 555 g/mol. The fourth-order valence-corrected chi connectivity index (χ4v) is 5.40. The van der Waals surface area contributed by atoms with E-state index < -0.39 is 0 Å². The van der Waals surface area contributed by atoms with Crippen LogP contribution in [-0.4, -0.2) is 64.6 Å². The summed E-state index contributed by atoms with van der Waals surface area (Å²) in [5, 5.41) is 3.78. The number of hydrogen-bond donors (Lipinski definition) is 1. The number of aliphatic imine (C=N–C) groups is 1. The van der Waals surface area contributed by atoms with E-state index in [2.05, 4.69) is 15.2 Å². The van der Waals surface area contributed by atoms with E-state index in [0.717, 1.165) is 36.3 Å². The molecule has 0 saturated carbocycles. The van der Waals surface area contributed by atoms with Gasteiger partial charge in [0.25, 0.3) is 5.91 Å². The summed E-state index contributed by atoms with van der Waals surface area (Å²) >= 11 is 6.36. The molecule has 202 valence electrons. The number of benzene rings is 3. The van der Waals surface area contributed by atoms with Crippen molar-refractivity contribution in [3.8, 4) is 11.3 Å². The quantitative estimate of drug-likeness (QED) is 0.337. The lowest BCUT2D eigenvalue weighted by Gasteiger charge is -2.20. The van der Waals surface area contributed by atoms with Gasteiger partial charge < -0.3 is 15.1 Å². The van der Waals surface area contributed by atoms with Crippen molar-refractivity contribution in [3.63, 3.8) is 0 Å². The number of amides is 1. The summed E-state index contributed by atoms with van der Waals surface area (Å²) in [6.45, 7) is 1.80. The second-order valence-electron chi connectivity index (χ2n) is 10.3. The highest BCUT2D eigenvalue weighted by Gasteiger charge is 2.28. The van der Waals surface area contributed by atoms with Crippen LogP contribution < -0.4 is 5.32 Å². The Hall–Kier alpha value is -4.14. The summed E-state index contributed by atoms with van der Waals surface area (Å²) in [5.41, 5.74) is 5.38. The first kappa shape index (κ1) is 26.1. The molecule has 7 nitrogen and oxygen atoms in total. The number of likely N-dealkylation sites (tertiary alicyclic amines) is 1. The topological polar surface area (TPSA) is 73.7 Å². The van der Waals surface area contributed by atoms with Gasteiger partial charge in [-0.3, -0.25) is 9.79 Å². The minimum absolute atomic E-state index is 0.0399. The van der Waals surface area contributed by atoms with E-state index in [1.54, 1.807) is 36.5 Å². The first-order valence-corrected chi connectivity index (χ1v) is 13.5. The zero-order valence-electron chi connectivity index (χ0n) is 22.2. The molecule has 2 aliphatic rings. The highest BCUT2D eigenvalue weighted by atomic mass is 35.5. The predicted octanol–water partition coefficient (Wildman–Crippen LogP) is 5.81. The lowest BCUT2D eigenvalue weighted by Crippen LogP contribution is -2.34. The van der Waals surface area contributed by atoms with Gasteiger partial charge in [-0.1, -0.05) is 29.8 Å². The Balaban J connectivity index is 1.26. The first-order chi connectivity index (χ1) is 19.4. The zero-order chi connectivity index (χ0) is 27.8. The summed E-state index contributed by atoms with van der Waals surface area (Å²) in [4.78, 5) is 31.1. The number of halogens is 2. The predicted molar refractivity (Wildman–Crippen MR) is 156 cm³/mol. The summed E-state index contributed by atoms with van der Waals surface area (Å²) in [5.74, 6) is 0.0929. The Morgan fingerprint density at radius 2 is 1.85 bits per heavy atom. The second kappa shape index (κ2) is 10.8. The van der Waals surface area contributed by atoms with Crippen molar-refractivity contribution >= 4 is 34.9 Å². The zero-order valence-corrected chi connectivity index (χ0v) is 23.0. The molecule has 3 heterocycles. The number of hydrogen-bond acceptors (Lipinski definition) is 6. The van der Waals surface area contributed by atoms with Crippen molar-refractivity contribution in [1.29, 1.82) is 0 Å². The van der Waals surface area contributed by atoms with Gasteiger partial charge in [0.1, 0.15) is 5.82 Å². The van der Waals surface area contributed by atoms with E-state index in [9.17, 15) is 9.18 Å². The summed E-state index contributed by atoms with van der Waals surface area (Å²) < 4.78 is 14.8. The number of anilines is 2. The van der Waals surface area contributed by atoms with Gasteiger partial charge in [0.15, 0.2) is 0 Å². The Bertz CT molecular complexity index is 1620. The molecule has 2 aliphatic heterocycles. The van der Waals surface area contributed by atoms with Crippen molar-refractivity contribution < 1.29 is 9.18 Å². The summed E-state index contributed by atoms with van der Waals surface area (Å²) in [6, 6.07) is 19.8. The van der Waals surface area contributed by atoms with Gasteiger partial charge in [-0.2, -0.15) is 0 Å². The number of nitrogens with one attached hydrogen (secondary N) is 1. The lowest BCUT2D eigenvalue weighted by atomic mass is 9.95. The van der Waals surface area contributed by atoms with Crippen LogP contribution in [0.3, 0.4) is 0 Å². The van der Waals surface area contributed by atoms with Gasteiger partial charge in [-0.25, -0.2) is 14.4 Å². The van der Waals surface area contributed by atoms with Gasteiger partial charge in [-0.15, -0.1) is 0 Å². The highest BCUT2D eigenvalue weighted by molar-refractivity contribution is 6.31. The van der Waals surface area contributed by atoms with Crippen LogP contribution in [-0.2, 0) is 6.54 Å². The van der Waals surface area contributed by atoms with E-state index >= 15 is 0 Å². The number of nitrogens with zero attached hydrogens (tertiary/aromatic N) is 5. The van der Waals surface area contributed by atoms with E-state index in [1.165, 1.54) is 6.07 Å². The first-order valence-electron chi connectivity index (χ1n) is 13.2. The van der Waals surface area contributed by atoms with Crippen LogP contribution >= 0.6 is 11.6 Å². The number of carbonyl (C=O) groups excluding carboxylic acids is 1. The van der Waals surface area contributed by atoms with E-state index in [1.807, 2.05) is 49.3 Å². The number of fused-ring (bicyclic) bond motifs is 3. The fourth-order valence-electron chi connectivity index (χ4n) is 5.22. The van der Waals surface area contributed by atoms with E-state index in [-0.39, 0.29) is 11.7 Å². The molecule has 0 bridgehead atoms. The minimum atomic E-state index is -0.351. The number of rotatable bonds is 5. The molecular formula is C31H28ClFN6O. The van der Waals surface area contributed by atoms with Crippen LogP contribution in [0.25, 0.3) is 11.3 Å². The average Bonchev–Trinajstić information content (AvgIpc) is 3.40. The van der Waals surface area contributed by atoms with E-state index in [4.69, 9.17) is 21.6 Å². The largest absolute Gasteiger partial charge is 0.337 e. The van der Waals surface area contributed by atoms with Crippen LogP contribution in [0, 0.1) is 5.82 Å². The molecule has 1 N–H and O–H groups in total. The van der Waals surface area contributed by atoms with Crippen LogP contribution in [0.2, 0.25) is 5.02 Å². The molecule has 1 fully saturated rings. The van der Waals surface area contributed by atoms with Crippen molar-refractivity contribution in [2.75, 3.05) is 32.5 Å². The van der Waals surface area contributed by atoms with Crippen LogP contribution in [0.4, 0.5) is 16.0 Å². The van der Waals surface area contributed by atoms with Crippen LogP contribution in [0.1, 0.15) is 33.5 Å². The molecule has 0 radical (unpaired) electrons. The van der Waals surface area contributed by atoms with Gasteiger partial charge in [0, 0.05) is 63.9 Å².